The van der Waals surface area contributed by atoms with E-state index in [1.54, 1.807) is 12.1 Å². The van der Waals surface area contributed by atoms with Crippen molar-refractivity contribution in [3.05, 3.63) is 57.8 Å². The van der Waals surface area contributed by atoms with Crippen molar-refractivity contribution in [1.82, 2.24) is 0 Å². The lowest BCUT2D eigenvalue weighted by molar-refractivity contribution is 0.622. The van der Waals surface area contributed by atoms with E-state index in [1.807, 2.05) is 12.1 Å². The van der Waals surface area contributed by atoms with Crippen LogP contribution in [-0.2, 0) is 13.0 Å². The molecular weight excluding hydrogens is 319 g/mol. The fourth-order valence-electron chi connectivity index (χ4n) is 2.76. The molecule has 2 aromatic rings. The van der Waals surface area contributed by atoms with Crippen molar-refractivity contribution in [3.8, 4) is 0 Å². The van der Waals surface area contributed by atoms with Crippen molar-refractivity contribution in [2.24, 2.45) is 0 Å². The Morgan fingerprint density at radius 2 is 2.10 bits per heavy atom. The second kappa shape index (κ2) is 5.44. The van der Waals surface area contributed by atoms with Crippen LogP contribution in [0.2, 0.25) is 0 Å². The fraction of sp³-hybridized carbons (Fsp3) is 0.250. The summed E-state index contributed by atoms with van der Waals surface area (Å²) >= 11 is 3.49. The molecule has 0 saturated heterocycles. The molecule has 1 heterocycles. The Balaban J connectivity index is 1.94. The molecule has 0 fully saturated rings. The van der Waals surface area contributed by atoms with Crippen LogP contribution in [0, 0.1) is 5.82 Å². The fourth-order valence-corrected chi connectivity index (χ4v) is 3.13. The van der Waals surface area contributed by atoms with Gasteiger partial charge in [0.1, 0.15) is 5.82 Å². The first kappa shape index (κ1) is 13.4. The third kappa shape index (κ3) is 2.52. The highest BCUT2D eigenvalue weighted by atomic mass is 79.9. The van der Waals surface area contributed by atoms with Gasteiger partial charge in [0.15, 0.2) is 0 Å². The number of rotatable bonds is 2. The summed E-state index contributed by atoms with van der Waals surface area (Å²) in [4.78, 5) is 2.27. The molecule has 1 aliphatic heterocycles. The Morgan fingerprint density at radius 1 is 1.25 bits per heavy atom. The zero-order valence-corrected chi connectivity index (χ0v) is 12.7. The highest BCUT2D eigenvalue weighted by molar-refractivity contribution is 9.10. The molecule has 0 spiro atoms. The Hall–Kier alpha value is -1.55. The summed E-state index contributed by atoms with van der Waals surface area (Å²) in [6.45, 7) is 1.66. The molecule has 4 heteroatoms. The molecule has 0 unspecified atom stereocenters. The molecule has 0 aliphatic carbocycles. The quantitative estimate of drug-likeness (QED) is 0.837. The zero-order valence-electron chi connectivity index (χ0n) is 11.1. The number of hydrogen-bond donors (Lipinski definition) is 1. The lowest BCUT2D eigenvalue weighted by Gasteiger charge is -2.32. The topological polar surface area (TPSA) is 29.3 Å². The maximum absolute atomic E-state index is 13.4. The molecule has 0 radical (unpaired) electrons. The molecule has 0 atom stereocenters. The number of nitrogen functional groups attached to an aromatic ring is 1. The van der Waals surface area contributed by atoms with Gasteiger partial charge in [0.2, 0.25) is 0 Å². The smallest absolute Gasteiger partial charge is 0.123 e. The summed E-state index contributed by atoms with van der Waals surface area (Å²) in [6.07, 6.45) is 2.09. The van der Waals surface area contributed by atoms with E-state index in [2.05, 4.69) is 26.9 Å². The lowest BCUT2D eigenvalue weighted by atomic mass is 9.99. The summed E-state index contributed by atoms with van der Waals surface area (Å²) in [5.74, 6) is -0.201. The van der Waals surface area contributed by atoms with Crippen LogP contribution in [0.15, 0.2) is 40.9 Å². The Morgan fingerprint density at radius 3 is 2.95 bits per heavy atom. The molecule has 20 heavy (non-hydrogen) atoms. The van der Waals surface area contributed by atoms with Crippen molar-refractivity contribution in [2.45, 2.75) is 19.4 Å². The first-order valence-corrected chi connectivity index (χ1v) is 7.50. The van der Waals surface area contributed by atoms with Gasteiger partial charge in [-0.3, -0.25) is 0 Å². The van der Waals surface area contributed by atoms with Crippen molar-refractivity contribution in [2.75, 3.05) is 17.2 Å². The summed E-state index contributed by atoms with van der Waals surface area (Å²) < 4.78 is 14.3. The van der Waals surface area contributed by atoms with E-state index in [9.17, 15) is 4.39 Å². The maximum Gasteiger partial charge on any atom is 0.123 e. The van der Waals surface area contributed by atoms with Crippen LogP contribution >= 0.6 is 15.9 Å². The molecule has 0 aromatic heterocycles. The molecule has 104 valence electrons. The number of benzene rings is 2. The van der Waals surface area contributed by atoms with Crippen molar-refractivity contribution >= 4 is 27.3 Å². The predicted molar refractivity (Wildman–Crippen MR) is 84.3 cm³/mol. The molecule has 2 N–H and O–H groups in total. The van der Waals surface area contributed by atoms with E-state index in [4.69, 9.17) is 5.73 Å². The monoisotopic (exact) mass is 334 g/mol. The molecule has 0 saturated carbocycles. The second-order valence-corrected chi connectivity index (χ2v) is 5.96. The summed E-state index contributed by atoms with van der Waals surface area (Å²) in [7, 11) is 0. The zero-order chi connectivity index (χ0) is 14.1. The Bertz CT molecular complexity index is 642. The van der Waals surface area contributed by atoms with Gasteiger partial charge < -0.3 is 10.6 Å². The van der Waals surface area contributed by atoms with Crippen molar-refractivity contribution in [1.29, 1.82) is 0 Å². The van der Waals surface area contributed by atoms with Crippen LogP contribution in [0.3, 0.4) is 0 Å². The third-order valence-corrected chi connectivity index (χ3v) is 4.53. The van der Waals surface area contributed by atoms with Gasteiger partial charge in [0, 0.05) is 28.9 Å². The van der Waals surface area contributed by atoms with E-state index in [0.717, 1.165) is 35.1 Å². The minimum atomic E-state index is -0.201. The van der Waals surface area contributed by atoms with Crippen LogP contribution < -0.4 is 10.6 Å². The van der Waals surface area contributed by atoms with Gasteiger partial charge in [-0.15, -0.1) is 0 Å². The van der Waals surface area contributed by atoms with Crippen LogP contribution in [-0.4, -0.2) is 6.54 Å². The first-order chi connectivity index (χ1) is 9.65. The molecule has 2 nitrogen and oxygen atoms in total. The van der Waals surface area contributed by atoms with Gasteiger partial charge in [-0.25, -0.2) is 4.39 Å². The number of fused-ring (bicyclic) bond motifs is 1. The summed E-state index contributed by atoms with van der Waals surface area (Å²) in [5.41, 5.74) is 10.3. The van der Waals surface area contributed by atoms with Gasteiger partial charge in [-0.1, -0.05) is 22.0 Å². The van der Waals surface area contributed by atoms with Crippen LogP contribution in [0.1, 0.15) is 17.5 Å². The van der Waals surface area contributed by atoms with Gasteiger partial charge >= 0.3 is 0 Å². The predicted octanol–water partition coefficient (Wildman–Crippen LogP) is 4.12. The average Bonchev–Trinajstić information content (AvgIpc) is 2.44. The SMILES string of the molecule is Nc1cccc2c1CCCN2Cc1cc(F)ccc1Br. The van der Waals surface area contributed by atoms with Crippen LogP contribution in [0.25, 0.3) is 0 Å². The Labute approximate surface area is 126 Å². The lowest BCUT2D eigenvalue weighted by Crippen LogP contribution is -2.29. The minimum absolute atomic E-state index is 0.201. The highest BCUT2D eigenvalue weighted by Crippen LogP contribution is 2.33. The molecular formula is C16H16BrFN2. The van der Waals surface area contributed by atoms with E-state index < -0.39 is 0 Å². The number of nitrogens with two attached hydrogens (primary N) is 1. The number of anilines is 2. The molecule has 1 aliphatic rings. The maximum atomic E-state index is 13.4. The van der Waals surface area contributed by atoms with E-state index in [0.29, 0.717) is 6.54 Å². The average molecular weight is 335 g/mol. The second-order valence-electron chi connectivity index (χ2n) is 5.11. The minimum Gasteiger partial charge on any atom is -0.398 e. The van der Waals surface area contributed by atoms with E-state index >= 15 is 0 Å². The van der Waals surface area contributed by atoms with Gasteiger partial charge in [0.25, 0.3) is 0 Å². The number of halogens is 2. The third-order valence-electron chi connectivity index (χ3n) is 3.75. The van der Waals surface area contributed by atoms with Crippen molar-refractivity contribution in [3.63, 3.8) is 0 Å². The van der Waals surface area contributed by atoms with Gasteiger partial charge in [-0.05, 0) is 54.3 Å². The molecule has 0 amide bonds. The first-order valence-electron chi connectivity index (χ1n) is 6.71. The van der Waals surface area contributed by atoms with Gasteiger partial charge in [0.05, 0.1) is 0 Å². The molecule has 3 rings (SSSR count). The number of nitrogens with zero attached hydrogens (tertiary/aromatic N) is 1. The summed E-state index contributed by atoms with van der Waals surface area (Å²) in [6, 6.07) is 10.8. The van der Waals surface area contributed by atoms with Gasteiger partial charge in [-0.2, -0.15) is 0 Å². The van der Waals surface area contributed by atoms with Crippen molar-refractivity contribution < 1.29 is 4.39 Å². The normalized spacial score (nSPS) is 14.2. The standard InChI is InChI=1S/C16H16BrFN2/c17-14-7-6-12(18)9-11(14)10-20-8-2-3-13-15(19)4-1-5-16(13)20/h1,4-7,9H,2-3,8,10,19H2. The highest BCUT2D eigenvalue weighted by Gasteiger charge is 2.19. The Kier molecular flexibility index (Phi) is 3.66. The van der Waals surface area contributed by atoms with Crippen LogP contribution in [0.5, 0.6) is 0 Å². The number of hydrogen-bond acceptors (Lipinski definition) is 2. The van der Waals surface area contributed by atoms with Crippen LogP contribution in [0.4, 0.5) is 15.8 Å². The van der Waals surface area contributed by atoms with E-state index in [-0.39, 0.29) is 5.82 Å². The molecule has 2 aromatic carbocycles. The van der Waals surface area contributed by atoms with E-state index in [1.165, 1.54) is 17.3 Å². The largest absolute Gasteiger partial charge is 0.398 e. The molecule has 0 bridgehead atoms. The summed E-state index contributed by atoms with van der Waals surface area (Å²) in [5, 5.41) is 0.